The van der Waals surface area contributed by atoms with Crippen molar-refractivity contribution in [2.75, 3.05) is 0 Å². The molecule has 1 N–H and O–H groups in total. The van der Waals surface area contributed by atoms with Crippen molar-refractivity contribution < 1.29 is 43.9 Å². The summed E-state index contributed by atoms with van der Waals surface area (Å²) in [6.07, 6.45) is -4.87. The molecule has 0 unspecified atom stereocenters. The number of rotatable bonds is 4. The molecule has 0 fully saturated rings. The van der Waals surface area contributed by atoms with Crippen LogP contribution < -0.4 is 5.32 Å². The minimum Gasteiger partial charge on any atom is -0.348 e. The molecule has 0 aromatic heterocycles. The number of hydrogen-bond donors (Lipinski definition) is 1. The fraction of sp³-hybridized carbons (Fsp3) is 0.188. The van der Waals surface area contributed by atoms with Crippen LogP contribution in [0.25, 0.3) is 0 Å². The second kappa shape index (κ2) is 7.41. The van der Waals surface area contributed by atoms with Crippen LogP contribution in [0, 0.1) is 5.82 Å². The van der Waals surface area contributed by atoms with Crippen molar-refractivity contribution in [3.05, 3.63) is 65.0 Å². The number of amides is 1. The number of alkyl halides is 6. The lowest BCUT2D eigenvalue weighted by Crippen LogP contribution is -2.25. The third kappa shape index (κ3) is 4.61. The molecular weight excluding hydrogens is 419 g/mol. The van der Waals surface area contributed by atoms with E-state index in [1.165, 1.54) is 0 Å². The van der Waals surface area contributed by atoms with Gasteiger partial charge >= 0.3 is 11.7 Å². The number of sulfone groups is 1. The van der Waals surface area contributed by atoms with E-state index in [1.807, 2.05) is 0 Å². The van der Waals surface area contributed by atoms with E-state index in [0.29, 0.717) is 12.1 Å². The van der Waals surface area contributed by atoms with Gasteiger partial charge in [-0.05, 0) is 42.0 Å². The van der Waals surface area contributed by atoms with Gasteiger partial charge < -0.3 is 5.32 Å². The van der Waals surface area contributed by atoms with Gasteiger partial charge in [0.2, 0.25) is 0 Å². The molecule has 0 saturated carbocycles. The van der Waals surface area contributed by atoms with E-state index >= 15 is 0 Å². The molecule has 0 aliphatic rings. The summed E-state index contributed by atoms with van der Waals surface area (Å²) in [5.41, 5.74) is -7.53. The fourth-order valence-electron chi connectivity index (χ4n) is 2.16. The third-order valence-electron chi connectivity index (χ3n) is 3.55. The molecule has 4 nitrogen and oxygen atoms in total. The first-order valence-corrected chi connectivity index (χ1v) is 8.77. The maximum Gasteiger partial charge on any atom is 0.501 e. The second-order valence-electron chi connectivity index (χ2n) is 5.46. The Labute approximate surface area is 153 Å². The summed E-state index contributed by atoms with van der Waals surface area (Å²) in [6, 6.07) is 4.53. The summed E-state index contributed by atoms with van der Waals surface area (Å²) in [6.45, 7) is -0.642. The zero-order chi connectivity index (χ0) is 21.3. The van der Waals surface area contributed by atoms with Crippen LogP contribution in [0.2, 0.25) is 0 Å². The highest BCUT2D eigenvalue weighted by molar-refractivity contribution is 7.92. The molecule has 0 saturated heterocycles. The van der Waals surface area contributed by atoms with Gasteiger partial charge in [-0.1, -0.05) is 6.07 Å². The first-order chi connectivity index (χ1) is 12.7. The van der Waals surface area contributed by atoms with Crippen molar-refractivity contribution >= 4 is 15.7 Å². The SMILES string of the molecule is O=C(NCc1ccc(F)cc1C(F)(F)F)c1ccc(S(=O)(=O)C(F)(F)F)cc1. The van der Waals surface area contributed by atoms with Gasteiger partial charge in [-0.15, -0.1) is 0 Å². The maximum absolute atomic E-state index is 13.0. The van der Waals surface area contributed by atoms with Crippen molar-refractivity contribution in [1.29, 1.82) is 0 Å². The highest BCUT2D eigenvalue weighted by atomic mass is 32.2. The van der Waals surface area contributed by atoms with Crippen LogP contribution in [0.1, 0.15) is 21.5 Å². The molecule has 2 rings (SSSR count). The van der Waals surface area contributed by atoms with Crippen molar-refractivity contribution in [1.82, 2.24) is 5.32 Å². The van der Waals surface area contributed by atoms with Crippen LogP contribution in [0.3, 0.4) is 0 Å². The van der Waals surface area contributed by atoms with Gasteiger partial charge in [0, 0.05) is 12.1 Å². The topological polar surface area (TPSA) is 63.2 Å². The van der Waals surface area contributed by atoms with Gasteiger partial charge in [-0.25, -0.2) is 12.8 Å². The molecular formula is C16H10F7NO3S. The summed E-state index contributed by atoms with van der Waals surface area (Å²) < 4.78 is 112. The maximum atomic E-state index is 13.0. The van der Waals surface area contributed by atoms with Crippen LogP contribution in [0.4, 0.5) is 30.7 Å². The van der Waals surface area contributed by atoms with Crippen molar-refractivity contribution in [3.63, 3.8) is 0 Å². The quantitative estimate of drug-likeness (QED) is 0.746. The van der Waals surface area contributed by atoms with E-state index in [4.69, 9.17) is 0 Å². The Morgan fingerprint density at radius 3 is 2.00 bits per heavy atom. The molecule has 0 heterocycles. The number of hydrogen-bond acceptors (Lipinski definition) is 3. The summed E-state index contributed by atoms with van der Waals surface area (Å²) in [7, 11) is -5.59. The Bertz CT molecular complexity index is 981. The van der Waals surface area contributed by atoms with Crippen LogP contribution in [0.5, 0.6) is 0 Å². The third-order valence-corrected chi connectivity index (χ3v) is 5.05. The van der Waals surface area contributed by atoms with Gasteiger partial charge in [-0.2, -0.15) is 26.3 Å². The summed E-state index contributed by atoms with van der Waals surface area (Å²) in [5, 5.41) is 2.10. The van der Waals surface area contributed by atoms with E-state index in [-0.39, 0.29) is 11.6 Å². The zero-order valence-electron chi connectivity index (χ0n) is 13.5. The van der Waals surface area contributed by atoms with Crippen molar-refractivity contribution in [2.24, 2.45) is 0 Å². The van der Waals surface area contributed by atoms with Gasteiger partial charge in [0.15, 0.2) is 0 Å². The van der Waals surface area contributed by atoms with Crippen LogP contribution in [-0.2, 0) is 22.6 Å². The monoisotopic (exact) mass is 429 g/mol. The Morgan fingerprint density at radius 2 is 1.50 bits per heavy atom. The summed E-state index contributed by atoms with van der Waals surface area (Å²) >= 11 is 0. The lowest BCUT2D eigenvalue weighted by molar-refractivity contribution is -0.138. The molecule has 12 heteroatoms. The van der Waals surface area contributed by atoms with E-state index in [9.17, 15) is 43.9 Å². The Balaban J connectivity index is 2.18. The predicted octanol–water partition coefficient (Wildman–Crippen LogP) is 4.07. The largest absolute Gasteiger partial charge is 0.501 e. The van der Waals surface area contributed by atoms with E-state index in [2.05, 4.69) is 5.32 Å². The normalized spacial score (nSPS) is 12.7. The number of benzene rings is 2. The average Bonchev–Trinajstić information content (AvgIpc) is 2.58. The Hall–Kier alpha value is -2.63. The minimum absolute atomic E-state index is 0.262. The fourth-order valence-corrected chi connectivity index (χ4v) is 2.93. The molecule has 1 amide bonds. The lowest BCUT2D eigenvalue weighted by atomic mass is 10.1. The predicted molar refractivity (Wildman–Crippen MR) is 82.3 cm³/mol. The van der Waals surface area contributed by atoms with E-state index in [0.717, 1.165) is 24.3 Å². The lowest BCUT2D eigenvalue weighted by Gasteiger charge is -2.14. The first kappa shape index (κ1) is 21.7. The first-order valence-electron chi connectivity index (χ1n) is 7.29. The van der Waals surface area contributed by atoms with Gasteiger partial charge in [0.05, 0.1) is 10.5 Å². The van der Waals surface area contributed by atoms with Crippen molar-refractivity contribution in [3.8, 4) is 0 Å². The van der Waals surface area contributed by atoms with Gasteiger partial charge in [0.25, 0.3) is 15.7 Å². The Morgan fingerprint density at radius 1 is 0.929 bits per heavy atom. The smallest absolute Gasteiger partial charge is 0.348 e. The van der Waals surface area contributed by atoms with Crippen LogP contribution in [-0.4, -0.2) is 19.8 Å². The van der Waals surface area contributed by atoms with Gasteiger partial charge in [0.1, 0.15) is 5.82 Å². The zero-order valence-corrected chi connectivity index (χ0v) is 14.3. The van der Waals surface area contributed by atoms with Crippen molar-refractivity contribution in [2.45, 2.75) is 23.1 Å². The average molecular weight is 429 g/mol. The highest BCUT2D eigenvalue weighted by Crippen LogP contribution is 2.33. The summed E-state index contributed by atoms with van der Waals surface area (Å²) in [4.78, 5) is 10.9. The molecule has 2 aromatic carbocycles. The number of carbonyl (C=O) groups excluding carboxylic acids is 1. The second-order valence-corrected chi connectivity index (χ2v) is 7.40. The van der Waals surface area contributed by atoms with Crippen LogP contribution in [0.15, 0.2) is 47.4 Å². The standard InChI is InChI=1S/C16H10F7NO3S/c17-11-4-1-10(13(7-11)15(18,19)20)8-24-14(25)9-2-5-12(6-3-9)28(26,27)16(21,22)23/h1-7H,8H2,(H,24,25). The summed E-state index contributed by atoms with van der Waals surface area (Å²) in [5.74, 6) is -2.09. The Kier molecular flexibility index (Phi) is 5.74. The van der Waals surface area contributed by atoms with E-state index < -0.39 is 55.8 Å². The molecule has 0 aliphatic carbocycles. The van der Waals surface area contributed by atoms with Crippen LogP contribution >= 0.6 is 0 Å². The number of carbonyl (C=O) groups is 1. The van der Waals surface area contributed by atoms with Gasteiger partial charge in [-0.3, -0.25) is 4.79 Å². The molecule has 2 aromatic rings. The highest BCUT2D eigenvalue weighted by Gasteiger charge is 2.46. The molecule has 28 heavy (non-hydrogen) atoms. The minimum atomic E-state index is -5.59. The molecule has 0 radical (unpaired) electrons. The molecule has 0 bridgehead atoms. The van der Waals surface area contributed by atoms with E-state index in [1.54, 1.807) is 0 Å². The molecule has 0 spiro atoms. The molecule has 152 valence electrons. The number of nitrogens with one attached hydrogen (secondary N) is 1. The number of halogens is 7. The molecule has 0 atom stereocenters. The molecule has 0 aliphatic heterocycles.